The van der Waals surface area contributed by atoms with Crippen molar-refractivity contribution in [3.8, 4) is 5.88 Å². The highest BCUT2D eigenvalue weighted by Crippen LogP contribution is 2.30. The third-order valence-electron chi connectivity index (χ3n) is 4.77. The average Bonchev–Trinajstić information content (AvgIpc) is 3.22. The van der Waals surface area contributed by atoms with E-state index < -0.39 is 0 Å². The monoisotopic (exact) mass is 370 g/mol. The topological polar surface area (TPSA) is 86.9 Å². The van der Waals surface area contributed by atoms with Crippen LogP contribution in [0.5, 0.6) is 5.88 Å². The van der Waals surface area contributed by atoms with E-state index >= 15 is 0 Å². The Hall–Kier alpha value is -2.90. The van der Waals surface area contributed by atoms with Crippen molar-refractivity contribution in [2.45, 2.75) is 46.2 Å². The van der Waals surface area contributed by atoms with Gasteiger partial charge in [-0.25, -0.2) is 14.6 Å². The summed E-state index contributed by atoms with van der Waals surface area (Å²) in [6.07, 6.45) is 6.40. The molecule has 0 saturated carbocycles. The molecule has 3 heterocycles. The predicted molar refractivity (Wildman–Crippen MR) is 103 cm³/mol. The number of ether oxygens (including phenoxy) is 1. The van der Waals surface area contributed by atoms with Crippen LogP contribution < -0.4 is 10.1 Å². The van der Waals surface area contributed by atoms with Crippen LogP contribution in [0.2, 0.25) is 0 Å². The first-order valence-corrected chi connectivity index (χ1v) is 9.02. The zero-order valence-corrected chi connectivity index (χ0v) is 16.5. The Morgan fingerprint density at radius 3 is 2.81 bits per heavy atom. The molecule has 0 spiro atoms. The lowest BCUT2D eigenvalue weighted by atomic mass is 10.00. The maximum absolute atomic E-state index is 12.4. The predicted octanol–water partition coefficient (Wildman–Crippen LogP) is 1.93. The summed E-state index contributed by atoms with van der Waals surface area (Å²) in [5.41, 5.74) is 3.86. The highest BCUT2D eigenvalue weighted by molar-refractivity contribution is 5.86. The fourth-order valence-electron chi connectivity index (χ4n) is 3.45. The number of imidazole rings is 1. The molecule has 1 N–H and O–H groups in total. The van der Waals surface area contributed by atoms with Gasteiger partial charge in [-0.3, -0.25) is 4.79 Å². The molecule has 144 valence electrons. The van der Waals surface area contributed by atoms with Gasteiger partial charge in [0.15, 0.2) is 5.65 Å². The van der Waals surface area contributed by atoms with Gasteiger partial charge < -0.3 is 14.6 Å². The Morgan fingerprint density at radius 1 is 1.37 bits per heavy atom. The molecule has 0 radical (unpaired) electrons. The van der Waals surface area contributed by atoms with Crippen LogP contribution in [0.4, 0.5) is 0 Å². The second kappa shape index (κ2) is 7.77. The molecule has 0 saturated heterocycles. The summed E-state index contributed by atoms with van der Waals surface area (Å²) < 4.78 is 9.07. The summed E-state index contributed by atoms with van der Waals surface area (Å²) in [5, 5.41) is 8.32. The van der Waals surface area contributed by atoms with Gasteiger partial charge in [0.25, 0.3) is 0 Å². The molecule has 3 aromatic rings. The van der Waals surface area contributed by atoms with Crippen molar-refractivity contribution < 1.29 is 9.53 Å². The van der Waals surface area contributed by atoms with E-state index in [0.29, 0.717) is 25.3 Å². The highest BCUT2D eigenvalue weighted by atomic mass is 16.5. The van der Waals surface area contributed by atoms with Crippen molar-refractivity contribution >= 4 is 16.9 Å². The number of pyridine rings is 1. The quantitative estimate of drug-likeness (QED) is 0.687. The summed E-state index contributed by atoms with van der Waals surface area (Å²) in [6.45, 7) is 6.70. The van der Waals surface area contributed by atoms with Crippen molar-refractivity contribution in [1.82, 2.24) is 29.6 Å². The van der Waals surface area contributed by atoms with Crippen LogP contribution in [0, 0.1) is 13.8 Å². The van der Waals surface area contributed by atoms with Gasteiger partial charge in [-0.2, -0.15) is 0 Å². The van der Waals surface area contributed by atoms with E-state index in [-0.39, 0.29) is 11.9 Å². The van der Waals surface area contributed by atoms with Gasteiger partial charge in [0, 0.05) is 44.1 Å². The van der Waals surface area contributed by atoms with Crippen LogP contribution in [-0.4, -0.2) is 43.4 Å². The molecule has 8 nitrogen and oxygen atoms in total. The minimum Gasteiger partial charge on any atom is -0.479 e. The van der Waals surface area contributed by atoms with Crippen molar-refractivity contribution in [2.75, 3.05) is 7.11 Å². The largest absolute Gasteiger partial charge is 0.479 e. The van der Waals surface area contributed by atoms with Gasteiger partial charge in [0.05, 0.1) is 18.8 Å². The van der Waals surface area contributed by atoms with E-state index in [0.717, 1.165) is 27.9 Å². The van der Waals surface area contributed by atoms with Crippen molar-refractivity contribution in [2.24, 2.45) is 7.05 Å². The SMILES string of the molecule is COc1nn(C)c2nc(C)c(CCC(=O)NC(C)Cn3ccnc3)c(C)c12. The lowest BCUT2D eigenvalue weighted by Crippen LogP contribution is -2.35. The first-order chi connectivity index (χ1) is 12.9. The number of hydrogen-bond acceptors (Lipinski definition) is 5. The molecule has 8 heteroatoms. The molecule has 0 fully saturated rings. The number of amides is 1. The molecule has 1 atom stereocenters. The Labute approximate surface area is 158 Å². The maximum Gasteiger partial charge on any atom is 0.242 e. The first-order valence-electron chi connectivity index (χ1n) is 9.02. The number of nitrogens with zero attached hydrogens (tertiary/aromatic N) is 5. The molecule has 3 aromatic heterocycles. The van der Waals surface area contributed by atoms with Crippen LogP contribution in [0.3, 0.4) is 0 Å². The molecule has 0 aliphatic heterocycles. The Morgan fingerprint density at radius 2 is 2.15 bits per heavy atom. The number of carbonyl (C=O) groups excluding carboxylic acids is 1. The van der Waals surface area contributed by atoms with Gasteiger partial charge >= 0.3 is 0 Å². The van der Waals surface area contributed by atoms with E-state index in [1.165, 1.54) is 0 Å². The van der Waals surface area contributed by atoms with Crippen LogP contribution >= 0.6 is 0 Å². The number of nitrogens with one attached hydrogen (secondary N) is 1. The lowest BCUT2D eigenvalue weighted by Gasteiger charge is -2.15. The summed E-state index contributed by atoms with van der Waals surface area (Å²) in [7, 11) is 3.46. The van der Waals surface area contributed by atoms with E-state index in [4.69, 9.17) is 4.74 Å². The summed E-state index contributed by atoms with van der Waals surface area (Å²) in [5.74, 6) is 0.594. The van der Waals surface area contributed by atoms with Gasteiger partial charge in [-0.15, -0.1) is 5.10 Å². The second-order valence-electron chi connectivity index (χ2n) is 6.86. The maximum atomic E-state index is 12.4. The summed E-state index contributed by atoms with van der Waals surface area (Å²) in [4.78, 5) is 21.1. The van der Waals surface area contributed by atoms with E-state index in [2.05, 4.69) is 20.4 Å². The molecular formula is C19H26N6O2. The van der Waals surface area contributed by atoms with Crippen LogP contribution in [-0.2, 0) is 24.8 Å². The van der Waals surface area contributed by atoms with E-state index in [1.54, 1.807) is 24.3 Å². The molecule has 0 aromatic carbocycles. The number of hydrogen-bond donors (Lipinski definition) is 1. The summed E-state index contributed by atoms with van der Waals surface area (Å²) >= 11 is 0. The number of carbonyl (C=O) groups is 1. The van der Waals surface area contributed by atoms with Crippen molar-refractivity contribution in [3.63, 3.8) is 0 Å². The molecule has 0 bridgehead atoms. The number of fused-ring (bicyclic) bond motifs is 1. The summed E-state index contributed by atoms with van der Waals surface area (Å²) in [6, 6.07) is 0.0351. The average molecular weight is 370 g/mol. The molecule has 0 aliphatic rings. The standard InChI is InChI=1S/C19H26N6O2/c1-12(10-25-9-8-20-11-25)21-16(26)7-6-15-13(2)17-18(22-14(15)3)24(4)23-19(17)27-5/h8-9,11-12H,6-7,10H2,1-5H3,(H,21,26). The fraction of sp³-hybridized carbons (Fsp3) is 0.474. The molecule has 3 rings (SSSR count). The minimum absolute atomic E-state index is 0.0275. The van der Waals surface area contributed by atoms with Crippen LogP contribution in [0.15, 0.2) is 18.7 Å². The van der Waals surface area contributed by atoms with Crippen molar-refractivity contribution in [3.05, 3.63) is 35.5 Å². The Balaban J connectivity index is 1.70. The van der Waals surface area contributed by atoms with Crippen LogP contribution in [0.25, 0.3) is 11.0 Å². The zero-order chi connectivity index (χ0) is 19.6. The molecular weight excluding hydrogens is 344 g/mol. The van der Waals surface area contributed by atoms with Crippen molar-refractivity contribution in [1.29, 1.82) is 0 Å². The Bertz CT molecular complexity index is 945. The number of aromatic nitrogens is 5. The Kier molecular flexibility index (Phi) is 5.43. The van der Waals surface area contributed by atoms with Gasteiger partial charge in [0.1, 0.15) is 0 Å². The van der Waals surface area contributed by atoms with Gasteiger partial charge in [0.2, 0.25) is 11.8 Å². The van der Waals surface area contributed by atoms with Gasteiger partial charge in [-0.1, -0.05) is 0 Å². The smallest absolute Gasteiger partial charge is 0.242 e. The highest BCUT2D eigenvalue weighted by Gasteiger charge is 2.18. The first kappa shape index (κ1) is 18.9. The molecule has 1 unspecified atom stereocenters. The molecule has 27 heavy (non-hydrogen) atoms. The van der Waals surface area contributed by atoms with Crippen LogP contribution in [0.1, 0.15) is 30.2 Å². The normalized spacial score (nSPS) is 12.3. The molecule has 1 amide bonds. The number of aryl methyl sites for hydroxylation is 3. The third-order valence-corrected chi connectivity index (χ3v) is 4.77. The van der Waals surface area contributed by atoms with Gasteiger partial charge in [-0.05, 0) is 38.3 Å². The van der Waals surface area contributed by atoms with E-state index in [1.807, 2.05) is 38.6 Å². The molecule has 0 aliphatic carbocycles. The van der Waals surface area contributed by atoms with E-state index in [9.17, 15) is 4.79 Å². The number of rotatable bonds is 7. The number of methoxy groups -OCH3 is 1. The lowest BCUT2D eigenvalue weighted by molar-refractivity contribution is -0.121. The second-order valence-corrected chi connectivity index (χ2v) is 6.86. The fourth-order valence-corrected chi connectivity index (χ4v) is 3.45. The third kappa shape index (κ3) is 3.94. The zero-order valence-electron chi connectivity index (χ0n) is 16.5. The minimum atomic E-state index is 0.0275.